The fourth-order valence-corrected chi connectivity index (χ4v) is 1.53. The van der Waals surface area contributed by atoms with Gasteiger partial charge in [0.05, 0.1) is 12.7 Å². The van der Waals surface area contributed by atoms with Crippen LogP contribution in [-0.2, 0) is 0 Å². The van der Waals surface area contributed by atoms with E-state index < -0.39 is 0 Å². The number of hydrogen-bond acceptors (Lipinski definition) is 3. The zero-order chi connectivity index (χ0) is 8.27. The van der Waals surface area contributed by atoms with Crippen molar-refractivity contribution in [1.82, 2.24) is 0 Å². The van der Waals surface area contributed by atoms with Crippen molar-refractivity contribution < 1.29 is 9.53 Å². The maximum atomic E-state index is 10.4. The van der Waals surface area contributed by atoms with E-state index in [2.05, 4.69) is 5.92 Å². The lowest BCUT2D eigenvalue weighted by atomic mass is 10.3. The van der Waals surface area contributed by atoms with Crippen LogP contribution >= 0.6 is 11.3 Å². The summed E-state index contributed by atoms with van der Waals surface area (Å²) >= 11 is 1.29. The molecule has 0 aliphatic carbocycles. The first-order chi connectivity index (χ1) is 5.33. The van der Waals surface area contributed by atoms with E-state index in [1.165, 1.54) is 18.4 Å². The lowest BCUT2D eigenvalue weighted by molar-refractivity contribution is 0.112. The molecule has 1 aromatic rings. The van der Waals surface area contributed by atoms with E-state index in [0.717, 1.165) is 6.29 Å². The highest BCUT2D eigenvalue weighted by Crippen LogP contribution is 2.27. The maximum Gasteiger partial charge on any atom is 0.163 e. The molecule has 1 aromatic heterocycles. The third kappa shape index (κ3) is 1.26. The van der Waals surface area contributed by atoms with Crippen LogP contribution in [0.4, 0.5) is 0 Å². The Labute approximate surface area is 68.8 Å². The number of thiophene rings is 1. The molecule has 0 aromatic carbocycles. The third-order valence-corrected chi connectivity index (χ3v) is 2.13. The molecule has 0 aliphatic heterocycles. The molecule has 0 saturated carbocycles. The Morgan fingerprint density at radius 2 is 2.55 bits per heavy atom. The molecule has 0 aliphatic rings. The van der Waals surface area contributed by atoms with Crippen molar-refractivity contribution in [2.75, 3.05) is 7.11 Å². The van der Waals surface area contributed by atoms with Crippen molar-refractivity contribution in [2.24, 2.45) is 0 Å². The summed E-state index contributed by atoms with van der Waals surface area (Å²) in [5, 5.41) is 1.72. The minimum Gasteiger partial charge on any atom is -0.494 e. The summed E-state index contributed by atoms with van der Waals surface area (Å²) in [6.07, 6.45) is 5.90. The minimum absolute atomic E-state index is 0.507. The van der Waals surface area contributed by atoms with Crippen LogP contribution in [0.5, 0.6) is 5.75 Å². The van der Waals surface area contributed by atoms with Gasteiger partial charge < -0.3 is 4.74 Å². The molecule has 0 atom stereocenters. The van der Waals surface area contributed by atoms with Gasteiger partial charge in [0.1, 0.15) is 4.88 Å². The number of carbonyl (C=O) groups excluding carboxylic acids is 1. The second-order valence-electron chi connectivity index (χ2n) is 1.81. The van der Waals surface area contributed by atoms with Crippen LogP contribution in [-0.4, -0.2) is 13.4 Å². The lowest BCUT2D eigenvalue weighted by Crippen LogP contribution is -1.86. The molecular weight excluding hydrogens is 160 g/mol. The highest BCUT2D eigenvalue weighted by molar-refractivity contribution is 7.12. The zero-order valence-electron chi connectivity index (χ0n) is 5.96. The summed E-state index contributed by atoms with van der Waals surface area (Å²) in [7, 11) is 1.50. The van der Waals surface area contributed by atoms with Gasteiger partial charge in [-0.3, -0.25) is 4.79 Å². The van der Waals surface area contributed by atoms with Gasteiger partial charge >= 0.3 is 0 Å². The molecule has 0 unspecified atom stereocenters. The van der Waals surface area contributed by atoms with Crippen LogP contribution in [0.15, 0.2) is 5.38 Å². The first-order valence-electron chi connectivity index (χ1n) is 2.90. The first-order valence-corrected chi connectivity index (χ1v) is 3.78. The molecule has 0 bridgehead atoms. The largest absolute Gasteiger partial charge is 0.494 e. The smallest absolute Gasteiger partial charge is 0.163 e. The number of ether oxygens (including phenoxy) is 1. The zero-order valence-corrected chi connectivity index (χ0v) is 6.77. The molecule has 11 heavy (non-hydrogen) atoms. The van der Waals surface area contributed by atoms with Crippen LogP contribution in [0.25, 0.3) is 0 Å². The van der Waals surface area contributed by atoms with Gasteiger partial charge in [-0.25, -0.2) is 0 Å². The Balaban J connectivity index is 3.22. The number of aldehydes is 1. The molecule has 0 N–H and O–H groups in total. The van der Waals surface area contributed by atoms with Gasteiger partial charge in [-0.15, -0.1) is 17.8 Å². The summed E-state index contributed by atoms with van der Waals surface area (Å²) in [6.45, 7) is 0. The van der Waals surface area contributed by atoms with E-state index in [4.69, 9.17) is 11.2 Å². The summed E-state index contributed by atoms with van der Waals surface area (Å²) < 4.78 is 4.93. The summed E-state index contributed by atoms with van der Waals surface area (Å²) in [4.78, 5) is 10.9. The maximum absolute atomic E-state index is 10.4. The third-order valence-electron chi connectivity index (χ3n) is 1.24. The number of methoxy groups -OCH3 is 1. The van der Waals surface area contributed by atoms with Crippen molar-refractivity contribution in [3.63, 3.8) is 0 Å². The van der Waals surface area contributed by atoms with Crippen molar-refractivity contribution >= 4 is 17.6 Å². The predicted molar refractivity (Wildman–Crippen MR) is 44.2 cm³/mol. The monoisotopic (exact) mass is 166 g/mol. The van der Waals surface area contributed by atoms with Gasteiger partial charge in [0.15, 0.2) is 12.0 Å². The van der Waals surface area contributed by atoms with E-state index >= 15 is 0 Å². The Kier molecular flexibility index (Phi) is 2.29. The van der Waals surface area contributed by atoms with E-state index in [9.17, 15) is 4.79 Å². The average molecular weight is 166 g/mol. The predicted octanol–water partition coefficient (Wildman–Crippen LogP) is 1.55. The molecule has 2 nitrogen and oxygen atoms in total. The van der Waals surface area contributed by atoms with Crippen LogP contribution in [0.2, 0.25) is 0 Å². The molecule has 0 spiro atoms. The van der Waals surface area contributed by atoms with Crippen molar-refractivity contribution in [3.05, 3.63) is 15.8 Å². The Morgan fingerprint density at radius 1 is 1.82 bits per heavy atom. The van der Waals surface area contributed by atoms with Gasteiger partial charge in [0.25, 0.3) is 0 Å². The van der Waals surface area contributed by atoms with E-state index in [1.54, 1.807) is 5.38 Å². The summed E-state index contributed by atoms with van der Waals surface area (Å²) in [5.41, 5.74) is 0.639. The molecule has 56 valence electrons. The number of hydrogen-bond donors (Lipinski definition) is 0. The fraction of sp³-hybridized carbons (Fsp3) is 0.125. The van der Waals surface area contributed by atoms with Gasteiger partial charge in [-0.1, -0.05) is 5.92 Å². The molecule has 3 heteroatoms. The molecule has 1 heterocycles. The van der Waals surface area contributed by atoms with E-state index in [0.29, 0.717) is 16.2 Å². The highest BCUT2D eigenvalue weighted by Gasteiger charge is 2.08. The summed E-state index contributed by atoms with van der Waals surface area (Å²) in [5.74, 6) is 2.93. The number of carbonyl (C=O) groups is 1. The van der Waals surface area contributed by atoms with Crippen LogP contribution < -0.4 is 4.74 Å². The fourth-order valence-electron chi connectivity index (χ4n) is 0.754. The molecule has 0 fully saturated rings. The molecule has 0 amide bonds. The van der Waals surface area contributed by atoms with Crippen molar-refractivity contribution in [3.8, 4) is 18.1 Å². The van der Waals surface area contributed by atoms with Gasteiger partial charge in [0.2, 0.25) is 0 Å². The number of rotatable bonds is 2. The minimum atomic E-state index is 0.507. The normalized spacial score (nSPS) is 8.73. The van der Waals surface area contributed by atoms with Crippen LogP contribution in [0.3, 0.4) is 0 Å². The average Bonchev–Trinajstić information content (AvgIpc) is 2.45. The Hall–Kier alpha value is -1.27. The van der Waals surface area contributed by atoms with E-state index in [-0.39, 0.29) is 0 Å². The van der Waals surface area contributed by atoms with Gasteiger partial charge in [-0.2, -0.15) is 0 Å². The van der Waals surface area contributed by atoms with Gasteiger partial charge in [0, 0.05) is 5.38 Å². The standard InChI is InChI=1S/C8H6O2S/c1-3-6-5-11-7(4-9)8(6)10-2/h1,4-5H,2H3. The second-order valence-corrected chi connectivity index (χ2v) is 2.72. The Morgan fingerprint density at radius 3 is 3.00 bits per heavy atom. The van der Waals surface area contributed by atoms with Crippen molar-refractivity contribution in [2.45, 2.75) is 0 Å². The quantitative estimate of drug-likeness (QED) is 0.492. The first kappa shape index (κ1) is 7.83. The van der Waals surface area contributed by atoms with Crippen LogP contribution in [0.1, 0.15) is 15.2 Å². The topological polar surface area (TPSA) is 26.3 Å². The van der Waals surface area contributed by atoms with Crippen LogP contribution in [0, 0.1) is 12.3 Å². The molecule has 0 radical (unpaired) electrons. The second kappa shape index (κ2) is 3.22. The SMILES string of the molecule is C#Cc1csc(C=O)c1OC. The number of terminal acetylenes is 1. The summed E-state index contributed by atoms with van der Waals surface area (Å²) in [6, 6.07) is 0. The highest BCUT2D eigenvalue weighted by atomic mass is 32.1. The molecular formula is C8H6O2S. The van der Waals surface area contributed by atoms with Gasteiger partial charge in [-0.05, 0) is 0 Å². The van der Waals surface area contributed by atoms with Crippen molar-refractivity contribution in [1.29, 1.82) is 0 Å². The molecule has 1 rings (SSSR count). The Bertz CT molecular complexity index is 306. The lowest BCUT2D eigenvalue weighted by Gasteiger charge is -1.95. The van der Waals surface area contributed by atoms with E-state index in [1.807, 2.05) is 0 Å². The molecule has 0 saturated heterocycles.